The zero-order valence-electron chi connectivity index (χ0n) is 17.7. The van der Waals surface area contributed by atoms with Crippen molar-refractivity contribution in [3.8, 4) is 11.3 Å². The van der Waals surface area contributed by atoms with Crippen molar-refractivity contribution in [3.05, 3.63) is 77.8 Å². The van der Waals surface area contributed by atoms with Crippen LogP contribution < -0.4 is 5.32 Å². The highest BCUT2D eigenvalue weighted by molar-refractivity contribution is 6.04. The van der Waals surface area contributed by atoms with Crippen LogP contribution in [0.1, 0.15) is 52.6 Å². The van der Waals surface area contributed by atoms with E-state index in [0.717, 1.165) is 38.8 Å². The molecule has 0 saturated carbocycles. The van der Waals surface area contributed by atoms with Gasteiger partial charge in [-0.15, -0.1) is 0 Å². The molecule has 6 nitrogen and oxygen atoms in total. The van der Waals surface area contributed by atoms with Crippen molar-refractivity contribution in [2.24, 2.45) is 0 Å². The number of amides is 2. The van der Waals surface area contributed by atoms with E-state index in [1.165, 1.54) is 12.0 Å². The number of nitrogens with one attached hydrogen (secondary N) is 1. The minimum Gasteiger partial charge on any atom is -0.443 e. The molecule has 1 saturated heterocycles. The molecule has 0 aliphatic carbocycles. The second-order valence-corrected chi connectivity index (χ2v) is 7.97. The number of nitrogens with zero attached hydrogens (tertiary/aromatic N) is 2. The molecule has 6 heteroatoms. The van der Waals surface area contributed by atoms with E-state index in [9.17, 15) is 9.59 Å². The largest absolute Gasteiger partial charge is 0.443 e. The van der Waals surface area contributed by atoms with Gasteiger partial charge in [0.2, 0.25) is 0 Å². The number of carbonyl (C=O) groups excluding carboxylic acids is 2. The van der Waals surface area contributed by atoms with E-state index in [1.54, 1.807) is 12.1 Å². The summed E-state index contributed by atoms with van der Waals surface area (Å²) in [7, 11) is 0. The van der Waals surface area contributed by atoms with Crippen molar-refractivity contribution in [2.75, 3.05) is 13.1 Å². The standard InChI is InChI=1S/C25H27N3O3/c1-18(13-14-19-9-3-2-4-10-19)27-24(29)22-23(31-17-26-22)20-11-5-6-12-21(20)25(30)28-15-7-8-16-28/h2-6,9-12,17-18H,7-8,13-16H2,1H3,(H,27,29)/t18-/m0/s1. The molecule has 4 rings (SSSR count). The molecule has 2 aromatic carbocycles. The molecule has 1 fully saturated rings. The maximum absolute atomic E-state index is 13.0. The van der Waals surface area contributed by atoms with Gasteiger partial charge in [-0.05, 0) is 44.2 Å². The molecule has 2 amide bonds. The Bertz CT molecular complexity index is 1040. The van der Waals surface area contributed by atoms with Crippen LogP contribution >= 0.6 is 0 Å². The molecule has 1 atom stereocenters. The van der Waals surface area contributed by atoms with E-state index >= 15 is 0 Å². The molecule has 2 heterocycles. The Morgan fingerprint density at radius 1 is 1.06 bits per heavy atom. The summed E-state index contributed by atoms with van der Waals surface area (Å²) in [5.41, 5.74) is 2.57. The summed E-state index contributed by atoms with van der Waals surface area (Å²) < 4.78 is 5.59. The van der Waals surface area contributed by atoms with Gasteiger partial charge >= 0.3 is 0 Å². The molecule has 0 unspecified atom stereocenters. The molecular weight excluding hydrogens is 390 g/mol. The van der Waals surface area contributed by atoms with Gasteiger partial charge in [0.15, 0.2) is 17.8 Å². The number of rotatable bonds is 7. The Hall–Kier alpha value is -3.41. The normalized spacial score (nSPS) is 14.4. The number of oxazole rings is 1. The second kappa shape index (κ2) is 9.60. The average Bonchev–Trinajstić information content (AvgIpc) is 3.50. The zero-order chi connectivity index (χ0) is 21.6. The van der Waals surface area contributed by atoms with Gasteiger partial charge in [-0.25, -0.2) is 4.98 Å². The van der Waals surface area contributed by atoms with E-state index in [1.807, 2.05) is 42.2 Å². The van der Waals surface area contributed by atoms with Gasteiger partial charge in [-0.2, -0.15) is 0 Å². The predicted octanol–water partition coefficient (Wildman–Crippen LogP) is 4.33. The van der Waals surface area contributed by atoms with Crippen LogP contribution in [0.15, 0.2) is 65.4 Å². The fourth-order valence-electron chi connectivity index (χ4n) is 3.95. The van der Waals surface area contributed by atoms with Crippen LogP contribution in [0.2, 0.25) is 0 Å². The highest BCUT2D eigenvalue weighted by atomic mass is 16.3. The molecule has 1 N–H and O–H groups in total. The van der Waals surface area contributed by atoms with E-state index in [-0.39, 0.29) is 23.6 Å². The van der Waals surface area contributed by atoms with Gasteiger partial charge in [0.25, 0.3) is 11.8 Å². The van der Waals surface area contributed by atoms with E-state index in [0.29, 0.717) is 16.9 Å². The van der Waals surface area contributed by atoms with Crippen LogP contribution in [-0.2, 0) is 6.42 Å². The summed E-state index contributed by atoms with van der Waals surface area (Å²) in [6.07, 6.45) is 4.99. The number of likely N-dealkylation sites (tertiary alicyclic amines) is 1. The fraction of sp³-hybridized carbons (Fsp3) is 0.320. The third-order valence-corrected chi connectivity index (χ3v) is 5.66. The second-order valence-electron chi connectivity index (χ2n) is 7.97. The third-order valence-electron chi connectivity index (χ3n) is 5.66. The summed E-state index contributed by atoms with van der Waals surface area (Å²) in [5, 5.41) is 3.01. The maximum Gasteiger partial charge on any atom is 0.274 e. The molecule has 0 bridgehead atoms. The highest BCUT2D eigenvalue weighted by Crippen LogP contribution is 2.28. The van der Waals surface area contributed by atoms with Gasteiger partial charge in [0, 0.05) is 24.7 Å². The Morgan fingerprint density at radius 2 is 1.77 bits per heavy atom. The van der Waals surface area contributed by atoms with Gasteiger partial charge in [0.1, 0.15) is 0 Å². The monoisotopic (exact) mass is 417 g/mol. The SMILES string of the molecule is C[C@@H](CCc1ccccc1)NC(=O)c1ncoc1-c1ccccc1C(=O)N1CCCC1. The van der Waals surface area contributed by atoms with Crippen LogP contribution in [0.4, 0.5) is 0 Å². The van der Waals surface area contributed by atoms with Crippen LogP contribution in [0, 0.1) is 0 Å². The van der Waals surface area contributed by atoms with Crippen molar-refractivity contribution in [1.82, 2.24) is 15.2 Å². The molecule has 160 valence electrons. The van der Waals surface area contributed by atoms with Crippen molar-refractivity contribution in [3.63, 3.8) is 0 Å². The minimum atomic E-state index is -0.298. The number of aryl methyl sites for hydroxylation is 1. The summed E-state index contributed by atoms with van der Waals surface area (Å²) >= 11 is 0. The smallest absolute Gasteiger partial charge is 0.274 e. The van der Waals surface area contributed by atoms with Gasteiger partial charge < -0.3 is 14.6 Å². The summed E-state index contributed by atoms with van der Waals surface area (Å²) in [4.78, 5) is 31.9. The van der Waals surface area contributed by atoms with Gasteiger partial charge in [0.05, 0.1) is 5.56 Å². The number of aromatic nitrogens is 1. The Kier molecular flexibility index (Phi) is 6.46. The van der Waals surface area contributed by atoms with Crippen molar-refractivity contribution in [2.45, 2.75) is 38.6 Å². The Balaban J connectivity index is 1.49. The molecule has 1 aliphatic heterocycles. The summed E-state index contributed by atoms with van der Waals surface area (Å²) in [6, 6.07) is 17.4. The lowest BCUT2D eigenvalue weighted by atomic mass is 10.0. The number of hydrogen-bond donors (Lipinski definition) is 1. The van der Waals surface area contributed by atoms with E-state index in [2.05, 4.69) is 22.4 Å². The highest BCUT2D eigenvalue weighted by Gasteiger charge is 2.26. The number of benzene rings is 2. The summed E-state index contributed by atoms with van der Waals surface area (Å²) in [5.74, 6) is -0.00395. The van der Waals surface area contributed by atoms with Crippen molar-refractivity contribution < 1.29 is 14.0 Å². The number of carbonyl (C=O) groups is 2. The first-order valence-corrected chi connectivity index (χ1v) is 10.8. The molecule has 0 radical (unpaired) electrons. The topological polar surface area (TPSA) is 75.4 Å². The first-order valence-electron chi connectivity index (χ1n) is 10.8. The van der Waals surface area contributed by atoms with Crippen molar-refractivity contribution >= 4 is 11.8 Å². The molecular formula is C25H27N3O3. The lowest BCUT2D eigenvalue weighted by Crippen LogP contribution is -2.33. The molecule has 3 aromatic rings. The van der Waals surface area contributed by atoms with Crippen LogP contribution in [0.3, 0.4) is 0 Å². The zero-order valence-corrected chi connectivity index (χ0v) is 17.7. The molecule has 1 aromatic heterocycles. The molecule has 0 spiro atoms. The predicted molar refractivity (Wildman–Crippen MR) is 119 cm³/mol. The quantitative estimate of drug-likeness (QED) is 0.621. The average molecular weight is 418 g/mol. The summed E-state index contributed by atoms with van der Waals surface area (Å²) in [6.45, 7) is 3.50. The molecule has 31 heavy (non-hydrogen) atoms. The van der Waals surface area contributed by atoms with Gasteiger partial charge in [-0.1, -0.05) is 48.5 Å². The number of hydrogen-bond acceptors (Lipinski definition) is 4. The van der Waals surface area contributed by atoms with Gasteiger partial charge in [-0.3, -0.25) is 9.59 Å². The fourth-order valence-corrected chi connectivity index (χ4v) is 3.95. The first-order chi connectivity index (χ1) is 15.1. The van der Waals surface area contributed by atoms with Crippen LogP contribution in [-0.4, -0.2) is 40.8 Å². The Labute approximate surface area is 182 Å². The molecule has 1 aliphatic rings. The van der Waals surface area contributed by atoms with E-state index in [4.69, 9.17) is 4.42 Å². The van der Waals surface area contributed by atoms with Crippen LogP contribution in [0.5, 0.6) is 0 Å². The van der Waals surface area contributed by atoms with E-state index < -0.39 is 0 Å². The Morgan fingerprint density at radius 3 is 2.55 bits per heavy atom. The van der Waals surface area contributed by atoms with Crippen molar-refractivity contribution in [1.29, 1.82) is 0 Å². The minimum absolute atomic E-state index is 0.0290. The maximum atomic E-state index is 13.0. The lowest BCUT2D eigenvalue weighted by Gasteiger charge is -2.17. The van der Waals surface area contributed by atoms with Crippen LogP contribution in [0.25, 0.3) is 11.3 Å². The lowest BCUT2D eigenvalue weighted by molar-refractivity contribution is 0.0792. The third kappa shape index (κ3) is 4.85. The first kappa shape index (κ1) is 20.8.